The van der Waals surface area contributed by atoms with Crippen LogP contribution in [0.3, 0.4) is 0 Å². The van der Waals surface area contributed by atoms with Crippen molar-refractivity contribution < 1.29 is 19.1 Å². The summed E-state index contributed by atoms with van der Waals surface area (Å²) in [5.74, 6) is -0.898. The Hall–Kier alpha value is -2.17. The van der Waals surface area contributed by atoms with Crippen LogP contribution in [0, 0.1) is 25.7 Å². The standard InChI is InChI=1S/C20H25NO4/c1-13-7-8-14(2)15(11-13)12-25-18(22)9-10-21-19(23)16-5-3-4-6-17(16)20(21)24/h7-8,11,16-17H,3-6,9-10,12H2,1-2H3. The minimum absolute atomic E-state index is 0.0573. The van der Waals surface area contributed by atoms with Gasteiger partial charge >= 0.3 is 5.97 Å². The normalized spacial score (nSPS) is 22.9. The minimum Gasteiger partial charge on any atom is -0.461 e. The van der Waals surface area contributed by atoms with E-state index in [1.807, 2.05) is 32.0 Å². The van der Waals surface area contributed by atoms with Gasteiger partial charge in [-0.15, -0.1) is 0 Å². The van der Waals surface area contributed by atoms with Crippen LogP contribution in [0.25, 0.3) is 0 Å². The van der Waals surface area contributed by atoms with Gasteiger partial charge in [0.1, 0.15) is 6.61 Å². The van der Waals surface area contributed by atoms with Crippen LogP contribution in [0.15, 0.2) is 18.2 Å². The Morgan fingerprint density at radius 1 is 1.12 bits per heavy atom. The average Bonchev–Trinajstić information content (AvgIpc) is 2.85. The Labute approximate surface area is 148 Å². The molecule has 0 spiro atoms. The first kappa shape index (κ1) is 17.6. The number of esters is 1. The lowest BCUT2D eigenvalue weighted by Gasteiger charge is -2.19. The molecule has 2 atom stereocenters. The number of amides is 2. The van der Waals surface area contributed by atoms with E-state index in [-0.39, 0.29) is 49.2 Å². The van der Waals surface area contributed by atoms with Crippen molar-refractivity contribution in [2.45, 2.75) is 52.6 Å². The maximum Gasteiger partial charge on any atom is 0.307 e. The lowest BCUT2D eigenvalue weighted by atomic mass is 9.81. The molecule has 5 heteroatoms. The molecule has 3 rings (SSSR count). The fraction of sp³-hybridized carbons (Fsp3) is 0.550. The zero-order valence-electron chi connectivity index (χ0n) is 14.9. The highest BCUT2D eigenvalue weighted by Crippen LogP contribution is 2.37. The SMILES string of the molecule is Cc1ccc(C)c(COC(=O)CCN2C(=O)C3CCCCC3C2=O)c1. The van der Waals surface area contributed by atoms with Crippen LogP contribution in [0.2, 0.25) is 0 Å². The highest BCUT2D eigenvalue weighted by Gasteiger charge is 2.47. The van der Waals surface area contributed by atoms with Crippen molar-refractivity contribution in [3.05, 3.63) is 34.9 Å². The number of nitrogens with zero attached hydrogens (tertiary/aromatic N) is 1. The summed E-state index contributed by atoms with van der Waals surface area (Å²) in [6.45, 7) is 4.33. The van der Waals surface area contributed by atoms with Gasteiger partial charge in [0.25, 0.3) is 0 Å². The number of fused-ring (bicyclic) bond motifs is 1. The fourth-order valence-electron chi connectivity index (χ4n) is 3.84. The van der Waals surface area contributed by atoms with Gasteiger partial charge in [0.2, 0.25) is 11.8 Å². The number of carbonyl (C=O) groups excluding carboxylic acids is 3. The molecule has 2 fully saturated rings. The number of hydrogen-bond acceptors (Lipinski definition) is 4. The number of aryl methyl sites for hydroxylation is 2. The van der Waals surface area contributed by atoms with E-state index in [0.717, 1.165) is 42.4 Å². The topological polar surface area (TPSA) is 63.7 Å². The van der Waals surface area contributed by atoms with E-state index in [0.29, 0.717) is 0 Å². The summed E-state index contributed by atoms with van der Waals surface area (Å²) in [5.41, 5.74) is 3.17. The van der Waals surface area contributed by atoms with Gasteiger partial charge in [0.15, 0.2) is 0 Å². The van der Waals surface area contributed by atoms with Crippen molar-refractivity contribution in [1.29, 1.82) is 0 Å². The molecule has 1 saturated carbocycles. The largest absolute Gasteiger partial charge is 0.461 e. The number of rotatable bonds is 5. The van der Waals surface area contributed by atoms with Crippen molar-refractivity contribution in [1.82, 2.24) is 4.90 Å². The average molecular weight is 343 g/mol. The molecule has 1 aromatic carbocycles. The van der Waals surface area contributed by atoms with Gasteiger partial charge in [-0.25, -0.2) is 0 Å². The molecule has 1 heterocycles. The molecule has 0 radical (unpaired) electrons. The summed E-state index contributed by atoms with van der Waals surface area (Å²) in [5, 5.41) is 0. The van der Waals surface area contributed by atoms with Crippen LogP contribution >= 0.6 is 0 Å². The molecule has 0 N–H and O–H groups in total. The summed E-state index contributed by atoms with van der Waals surface area (Å²) < 4.78 is 5.32. The zero-order chi connectivity index (χ0) is 18.0. The molecule has 1 aliphatic heterocycles. The smallest absolute Gasteiger partial charge is 0.307 e. The summed E-state index contributed by atoms with van der Waals surface area (Å²) in [6, 6.07) is 6.02. The second-order valence-electron chi connectivity index (χ2n) is 7.17. The number of benzene rings is 1. The van der Waals surface area contributed by atoms with Crippen LogP contribution in [0.1, 0.15) is 48.8 Å². The number of ether oxygens (including phenoxy) is 1. The lowest BCUT2D eigenvalue weighted by molar-refractivity contribution is -0.146. The van der Waals surface area contributed by atoms with Gasteiger partial charge in [-0.1, -0.05) is 36.6 Å². The molecular weight excluding hydrogens is 318 g/mol. The Morgan fingerprint density at radius 2 is 1.76 bits per heavy atom. The van der Waals surface area contributed by atoms with Crippen molar-refractivity contribution in [3.63, 3.8) is 0 Å². The van der Waals surface area contributed by atoms with E-state index < -0.39 is 0 Å². The predicted octanol–water partition coefficient (Wildman–Crippen LogP) is 2.91. The first-order valence-corrected chi connectivity index (χ1v) is 9.04. The molecule has 1 aromatic rings. The molecule has 0 aromatic heterocycles. The van der Waals surface area contributed by atoms with Gasteiger partial charge in [0, 0.05) is 6.54 Å². The van der Waals surface area contributed by atoms with Crippen LogP contribution < -0.4 is 0 Å². The molecule has 1 aliphatic carbocycles. The van der Waals surface area contributed by atoms with Crippen LogP contribution in [0.4, 0.5) is 0 Å². The number of hydrogen-bond donors (Lipinski definition) is 0. The number of imide groups is 1. The second kappa shape index (κ2) is 7.38. The van der Waals surface area contributed by atoms with E-state index >= 15 is 0 Å². The third kappa shape index (κ3) is 3.75. The van der Waals surface area contributed by atoms with Gasteiger partial charge in [0.05, 0.1) is 18.3 Å². The van der Waals surface area contributed by atoms with E-state index in [4.69, 9.17) is 4.74 Å². The van der Waals surface area contributed by atoms with Gasteiger partial charge in [-0.05, 0) is 37.8 Å². The molecule has 2 aliphatic rings. The van der Waals surface area contributed by atoms with Crippen LogP contribution in [-0.2, 0) is 25.7 Å². The second-order valence-corrected chi connectivity index (χ2v) is 7.17. The number of likely N-dealkylation sites (tertiary alicyclic amines) is 1. The summed E-state index contributed by atoms with van der Waals surface area (Å²) in [4.78, 5) is 38.1. The maximum absolute atomic E-state index is 12.4. The Bertz CT molecular complexity index is 673. The Balaban J connectivity index is 1.51. The zero-order valence-corrected chi connectivity index (χ0v) is 14.9. The monoisotopic (exact) mass is 343 g/mol. The van der Waals surface area contributed by atoms with Gasteiger partial charge in [-0.2, -0.15) is 0 Å². The molecule has 5 nitrogen and oxygen atoms in total. The molecule has 134 valence electrons. The van der Waals surface area contributed by atoms with E-state index in [2.05, 4.69) is 0 Å². The van der Waals surface area contributed by atoms with Gasteiger partial charge < -0.3 is 4.74 Å². The maximum atomic E-state index is 12.4. The molecular formula is C20H25NO4. The number of carbonyl (C=O) groups is 3. The highest BCUT2D eigenvalue weighted by atomic mass is 16.5. The Kier molecular flexibility index (Phi) is 5.21. The van der Waals surface area contributed by atoms with E-state index in [1.54, 1.807) is 0 Å². The molecule has 2 unspecified atom stereocenters. The molecule has 25 heavy (non-hydrogen) atoms. The van der Waals surface area contributed by atoms with Crippen LogP contribution in [0.5, 0.6) is 0 Å². The predicted molar refractivity (Wildman–Crippen MR) is 92.5 cm³/mol. The quantitative estimate of drug-likeness (QED) is 0.609. The van der Waals surface area contributed by atoms with Gasteiger partial charge in [-0.3, -0.25) is 19.3 Å². The summed E-state index contributed by atoms with van der Waals surface area (Å²) in [6.07, 6.45) is 3.66. The fourth-order valence-corrected chi connectivity index (χ4v) is 3.84. The van der Waals surface area contributed by atoms with E-state index in [1.165, 1.54) is 4.90 Å². The molecule has 1 saturated heterocycles. The minimum atomic E-state index is -0.378. The third-order valence-electron chi connectivity index (χ3n) is 5.37. The van der Waals surface area contributed by atoms with Crippen molar-refractivity contribution in [3.8, 4) is 0 Å². The first-order chi connectivity index (χ1) is 12.0. The van der Waals surface area contributed by atoms with Crippen molar-refractivity contribution in [2.75, 3.05) is 6.54 Å². The highest BCUT2D eigenvalue weighted by molar-refractivity contribution is 6.05. The van der Waals surface area contributed by atoms with Crippen LogP contribution in [-0.4, -0.2) is 29.2 Å². The van der Waals surface area contributed by atoms with Crippen molar-refractivity contribution in [2.24, 2.45) is 11.8 Å². The molecule has 2 amide bonds. The van der Waals surface area contributed by atoms with E-state index in [9.17, 15) is 14.4 Å². The lowest BCUT2D eigenvalue weighted by Crippen LogP contribution is -2.33. The molecule has 0 bridgehead atoms. The Morgan fingerprint density at radius 3 is 2.40 bits per heavy atom. The third-order valence-corrected chi connectivity index (χ3v) is 5.37. The van der Waals surface area contributed by atoms with Crippen molar-refractivity contribution >= 4 is 17.8 Å². The summed E-state index contributed by atoms with van der Waals surface area (Å²) >= 11 is 0. The first-order valence-electron chi connectivity index (χ1n) is 9.04. The summed E-state index contributed by atoms with van der Waals surface area (Å²) in [7, 11) is 0.